The fourth-order valence-electron chi connectivity index (χ4n) is 1.04. The van der Waals surface area contributed by atoms with Crippen molar-refractivity contribution in [2.45, 2.75) is 0 Å². The molecule has 1 aromatic rings. The second-order valence-electron chi connectivity index (χ2n) is 2.60. The maximum Gasteiger partial charge on any atom is 0.279 e. The van der Waals surface area contributed by atoms with Gasteiger partial charge in [-0.2, -0.15) is 0 Å². The summed E-state index contributed by atoms with van der Waals surface area (Å²) in [5.74, 6) is -0.0751. The second-order valence-corrected chi connectivity index (χ2v) is 3.22. The fraction of sp³-hybridized carbons (Fsp3) is 0. The molecule has 1 aliphatic rings. The highest BCUT2D eigenvalue weighted by Gasteiger charge is 2.15. The molecule has 0 aromatic heterocycles. The Balaban J connectivity index is 2.25. The van der Waals surface area contributed by atoms with Crippen molar-refractivity contribution in [1.29, 1.82) is 0 Å². The molecule has 2 N–H and O–H groups in total. The molecule has 0 bridgehead atoms. The minimum Gasteiger partial charge on any atom is -0.307 e. The standard InChI is InChI=1S/C9H8N2OS/c12-9-8(10-13-11-9)6-7-4-2-1-3-5-7/h1-6,10H,(H,11,12). The van der Waals surface area contributed by atoms with E-state index in [-0.39, 0.29) is 5.91 Å². The Kier molecular flexibility index (Phi) is 2.23. The monoisotopic (exact) mass is 192 g/mol. The Labute approximate surface area is 80.5 Å². The molecular weight excluding hydrogens is 184 g/mol. The van der Waals surface area contributed by atoms with E-state index >= 15 is 0 Å². The highest BCUT2D eigenvalue weighted by Crippen LogP contribution is 2.11. The van der Waals surface area contributed by atoms with Crippen molar-refractivity contribution in [3.8, 4) is 0 Å². The van der Waals surface area contributed by atoms with E-state index in [1.807, 2.05) is 36.4 Å². The zero-order chi connectivity index (χ0) is 9.10. The van der Waals surface area contributed by atoms with Crippen LogP contribution in [0, 0.1) is 0 Å². The molecule has 1 aliphatic heterocycles. The lowest BCUT2D eigenvalue weighted by Crippen LogP contribution is -2.09. The van der Waals surface area contributed by atoms with E-state index in [4.69, 9.17) is 0 Å². The van der Waals surface area contributed by atoms with Gasteiger partial charge in [0.05, 0.1) is 12.1 Å². The smallest absolute Gasteiger partial charge is 0.279 e. The van der Waals surface area contributed by atoms with Gasteiger partial charge in [0.1, 0.15) is 5.70 Å². The number of benzene rings is 1. The summed E-state index contributed by atoms with van der Waals surface area (Å²) in [4.78, 5) is 11.1. The van der Waals surface area contributed by atoms with E-state index in [2.05, 4.69) is 9.44 Å². The summed E-state index contributed by atoms with van der Waals surface area (Å²) in [5.41, 5.74) is 1.61. The second kappa shape index (κ2) is 3.53. The highest BCUT2D eigenvalue weighted by atomic mass is 32.2. The van der Waals surface area contributed by atoms with Crippen molar-refractivity contribution in [1.82, 2.24) is 9.44 Å². The first-order chi connectivity index (χ1) is 6.36. The molecule has 0 spiro atoms. The highest BCUT2D eigenvalue weighted by molar-refractivity contribution is 7.96. The van der Waals surface area contributed by atoms with E-state index in [9.17, 15) is 4.79 Å². The molecule has 0 atom stereocenters. The molecule has 3 nitrogen and oxygen atoms in total. The van der Waals surface area contributed by atoms with Crippen LogP contribution in [0.25, 0.3) is 6.08 Å². The lowest BCUT2D eigenvalue weighted by atomic mass is 10.2. The van der Waals surface area contributed by atoms with E-state index in [1.54, 1.807) is 0 Å². The maximum absolute atomic E-state index is 11.1. The van der Waals surface area contributed by atoms with Crippen LogP contribution in [0.2, 0.25) is 0 Å². The summed E-state index contributed by atoms with van der Waals surface area (Å²) >= 11 is 1.19. The van der Waals surface area contributed by atoms with Gasteiger partial charge in [0.15, 0.2) is 0 Å². The summed E-state index contributed by atoms with van der Waals surface area (Å²) in [7, 11) is 0. The SMILES string of the molecule is O=C1NSNC1=Cc1ccccc1. The number of carbonyl (C=O) groups excluding carboxylic acids is 1. The molecule has 0 aliphatic carbocycles. The molecule has 1 heterocycles. The number of hydrogen-bond donors (Lipinski definition) is 2. The number of carbonyl (C=O) groups is 1. The topological polar surface area (TPSA) is 41.1 Å². The van der Waals surface area contributed by atoms with E-state index < -0.39 is 0 Å². The van der Waals surface area contributed by atoms with Crippen molar-refractivity contribution in [3.63, 3.8) is 0 Å². The van der Waals surface area contributed by atoms with Crippen LogP contribution >= 0.6 is 12.1 Å². The summed E-state index contributed by atoms with van der Waals surface area (Å²) in [6.07, 6.45) is 1.81. The summed E-state index contributed by atoms with van der Waals surface area (Å²) in [5, 5.41) is 0. The Morgan fingerprint density at radius 2 is 1.92 bits per heavy atom. The van der Waals surface area contributed by atoms with Crippen molar-refractivity contribution in [2.24, 2.45) is 0 Å². The van der Waals surface area contributed by atoms with Crippen molar-refractivity contribution in [2.75, 3.05) is 0 Å². The molecule has 1 saturated heterocycles. The van der Waals surface area contributed by atoms with Crippen LogP contribution in [0.3, 0.4) is 0 Å². The summed E-state index contributed by atoms with van der Waals surface area (Å²) in [6.45, 7) is 0. The van der Waals surface area contributed by atoms with Crippen molar-refractivity contribution in [3.05, 3.63) is 41.6 Å². The minimum atomic E-state index is -0.0751. The lowest BCUT2D eigenvalue weighted by Gasteiger charge is -1.94. The summed E-state index contributed by atoms with van der Waals surface area (Å²) < 4.78 is 5.46. The number of nitrogens with one attached hydrogen (secondary N) is 2. The van der Waals surface area contributed by atoms with Gasteiger partial charge in [-0.05, 0) is 11.6 Å². The zero-order valence-corrected chi connectivity index (χ0v) is 7.60. The van der Waals surface area contributed by atoms with Crippen molar-refractivity contribution >= 4 is 24.1 Å². The maximum atomic E-state index is 11.1. The third-order valence-electron chi connectivity index (χ3n) is 1.66. The molecule has 2 rings (SSSR count). The number of amides is 1. The largest absolute Gasteiger partial charge is 0.307 e. The van der Waals surface area contributed by atoms with Gasteiger partial charge in [-0.15, -0.1) is 0 Å². The number of rotatable bonds is 1. The Hall–Kier alpha value is -1.42. The molecule has 1 aromatic carbocycles. The first-order valence-corrected chi connectivity index (χ1v) is 4.67. The predicted octanol–water partition coefficient (Wildman–Crippen LogP) is 1.31. The summed E-state index contributed by atoms with van der Waals surface area (Å²) in [6, 6.07) is 9.72. The molecule has 66 valence electrons. The van der Waals surface area contributed by atoms with Gasteiger partial charge in [0.2, 0.25) is 0 Å². The molecule has 4 heteroatoms. The Bertz CT molecular complexity index is 348. The van der Waals surface area contributed by atoms with Gasteiger partial charge >= 0.3 is 0 Å². The molecule has 0 radical (unpaired) electrons. The van der Waals surface area contributed by atoms with E-state index in [0.29, 0.717) is 5.70 Å². The van der Waals surface area contributed by atoms with Crippen LogP contribution in [0.15, 0.2) is 36.0 Å². The molecule has 0 unspecified atom stereocenters. The first kappa shape index (κ1) is 8.19. The third-order valence-corrected chi connectivity index (χ3v) is 2.27. The quantitative estimate of drug-likeness (QED) is 0.520. The molecule has 13 heavy (non-hydrogen) atoms. The molecule has 0 saturated carbocycles. The van der Waals surface area contributed by atoms with Gasteiger partial charge in [-0.25, -0.2) is 0 Å². The van der Waals surface area contributed by atoms with Crippen LogP contribution in [0.5, 0.6) is 0 Å². The number of hydrogen-bond acceptors (Lipinski definition) is 3. The Morgan fingerprint density at radius 3 is 2.54 bits per heavy atom. The van der Waals surface area contributed by atoms with E-state index in [0.717, 1.165) is 5.56 Å². The van der Waals surface area contributed by atoms with Crippen LogP contribution in [-0.4, -0.2) is 5.91 Å². The normalized spacial score (nSPS) is 18.5. The predicted molar refractivity (Wildman–Crippen MR) is 53.3 cm³/mol. The first-order valence-electron chi connectivity index (χ1n) is 3.85. The van der Waals surface area contributed by atoms with Crippen molar-refractivity contribution < 1.29 is 4.79 Å². The molecule has 1 fully saturated rings. The minimum absolute atomic E-state index is 0.0751. The van der Waals surface area contributed by atoms with Crippen LogP contribution < -0.4 is 9.44 Å². The molecular formula is C9H8N2OS. The molecule has 1 amide bonds. The zero-order valence-electron chi connectivity index (χ0n) is 6.78. The average molecular weight is 192 g/mol. The van der Waals surface area contributed by atoms with Crippen LogP contribution in [0.4, 0.5) is 0 Å². The van der Waals surface area contributed by atoms with Gasteiger partial charge in [-0.3, -0.25) is 9.52 Å². The van der Waals surface area contributed by atoms with Crippen LogP contribution in [-0.2, 0) is 4.79 Å². The van der Waals surface area contributed by atoms with E-state index in [1.165, 1.54) is 12.1 Å². The van der Waals surface area contributed by atoms with Gasteiger partial charge in [0.25, 0.3) is 5.91 Å². The van der Waals surface area contributed by atoms with Gasteiger partial charge in [0, 0.05) is 0 Å². The van der Waals surface area contributed by atoms with Gasteiger partial charge < -0.3 is 4.72 Å². The van der Waals surface area contributed by atoms with Crippen LogP contribution in [0.1, 0.15) is 5.56 Å². The Morgan fingerprint density at radius 1 is 1.15 bits per heavy atom. The lowest BCUT2D eigenvalue weighted by molar-refractivity contribution is -0.115. The average Bonchev–Trinajstić information content (AvgIpc) is 2.54. The third kappa shape index (κ3) is 1.84. The van der Waals surface area contributed by atoms with Gasteiger partial charge in [-0.1, -0.05) is 30.3 Å². The fourth-order valence-corrected chi connectivity index (χ4v) is 1.55.